The number of alkyl halides is 3. The molecular weight excluding hydrogens is 462 g/mol. The molecule has 0 fully saturated rings. The number of imide groups is 1. The van der Waals surface area contributed by atoms with E-state index in [9.17, 15) is 35.9 Å². The van der Waals surface area contributed by atoms with Gasteiger partial charge in [0, 0.05) is 18.6 Å². The van der Waals surface area contributed by atoms with E-state index in [1.54, 1.807) is 6.92 Å². The van der Waals surface area contributed by atoms with Crippen molar-refractivity contribution in [2.75, 3.05) is 25.3 Å². The Bertz CT molecular complexity index is 986. The molecule has 0 aromatic heterocycles. The van der Waals surface area contributed by atoms with Crippen LogP contribution in [0.3, 0.4) is 0 Å². The molecule has 0 atom stereocenters. The monoisotopic (exact) mass is 480 g/mol. The first-order valence-electron chi connectivity index (χ1n) is 9.11. The van der Waals surface area contributed by atoms with Crippen LogP contribution in [0.4, 0.5) is 36.8 Å². The van der Waals surface area contributed by atoms with Gasteiger partial charge in [0.05, 0.1) is 11.3 Å². The van der Waals surface area contributed by atoms with Gasteiger partial charge in [-0.25, -0.2) is 18.0 Å². The van der Waals surface area contributed by atoms with Crippen molar-refractivity contribution in [3.63, 3.8) is 0 Å². The molecule has 32 heavy (non-hydrogen) atoms. The van der Waals surface area contributed by atoms with Gasteiger partial charge >= 0.3 is 11.5 Å². The maximum atomic E-state index is 14.6. The van der Waals surface area contributed by atoms with Crippen LogP contribution in [0.2, 0.25) is 0 Å². The number of anilines is 1. The Morgan fingerprint density at radius 3 is 2.31 bits per heavy atom. The van der Waals surface area contributed by atoms with Crippen LogP contribution in [0, 0.1) is 17.5 Å². The zero-order valence-electron chi connectivity index (χ0n) is 16.9. The third-order valence-corrected chi connectivity index (χ3v) is 4.76. The summed E-state index contributed by atoms with van der Waals surface area (Å²) in [7, 11) is 1.17. The lowest BCUT2D eigenvalue weighted by molar-refractivity contribution is -0.0328. The average molecular weight is 480 g/mol. The molecule has 0 saturated carbocycles. The van der Waals surface area contributed by atoms with Crippen molar-refractivity contribution < 1.29 is 40.7 Å². The maximum absolute atomic E-state index is 14.6. The van der Waals surface area contributed by atoms with Crippen molar-refractivity contribution in [1.82, 2.24) is 4.90 Å². The molecule has 0 aliphatic heterocycles. The highest BCUT2D eigenvalue weighted by Crippen LogP contribution is 2.38. The van der Waals surface area contributed by atoms with Crippen LogP contribution in [0.15, 0.2) is 41.3 Å². The number of methoxy groups -OCH3 is 1. The molecule has 12 heteroatoms. The Hall–Kier alpha value is -2.73. The lowest BCUT2D eigenvalue weighted by Gasteiger charge is -2.29. The van der Waals surface area contributed by atoms with Gasteiger partial charge in [-0.15, -0.1) is 0 Å². The Balaban J connectivity index is 2.43. The number of carbonyl (C=O) groups excluding carboxylic acids is 2. The van der Waals surface area contributed by atoms with E-state index in [-0.39, 0.29) is 13.0 Å². The molecule has 174 valence electrons. The minimum atomic E-state index is -4.64. The second-order valence-corrected chi connectivity index (χ2v) is 7.49. The number of carbonyl (C=O) groups is 2. The summed E-state index contributed by atoms with van der Waals surface area (Å²) in [5.74, 6) is -5.09. The van der Waals surface area contributed by atoms with E-state index in [1.165, 1.54) is 7.11 Å². The number of halogens is 6. The molecule has 0 spiro atoms. The lowest BCUT2D eigenvalue weighted by atomic mass is 10.1. The molecule has 0 radical (unpaired) electrons. The first-order chi connectivity index (χ1) is 15.0. The highest BCUT2D eigenvalue weighted by molar-refractivity contribution is 8.00. The van der Waals surface area contributed by atoms with Crippen LogP contribution in [0.1, 0.15) is 23.7 Å². The van der Waals surface area contributed by atoms with Gasteiger partial charge in [0.25, 0.3) is 5.91 Å². The number of hydrogen-bond acceptors (Lipinski definition) is 4. The maximum Gasteiger partial charge on any atom is 0.446 e. The standard InChI is InChI=1S/C20H18F6N2O3S/c1-3-9-27(18(29)13-5-4-6-14(21)17(13)23)19(30)28(11-31-2)16-8-7-12(10-15(16)22)32-20(24,25)26/h4-8,10H,3,9,11H2,1-2H3. The first-order valence-corrected chi connectivity index (χ1v) is 9.93. The Kier molecular flexibility index (Phi) is 8.56. The minimum Gasteiger partial charge on any atom is -0.364 e. The summed E-state index contributed by atoms with van der Waals surface area (Å²) < 4.78 is 84.8. The third-order valence-electron chi connectivity index (χ3n) is 4.04. The molecule has 0 saturated heterocycles. The summed E-state index contributed by atoms with van der Waals surface area (Å²) in [4.78, 5) is 26.7. The van der Waals surface area contributed by atoms with Crippen molar-refractivity contribution in [1.29, 1.82) is 0 Å². The summed E-state index contributed by atoms with van der Waals surface area (Å²) in [6, 6.07) is 4.21. The van der Waals surface area contributed by atoms with Gasteiger partial charge in [-0.3, -0.25) is 14.6 Å². The highest BCUT2D eigenvalue weighted by atomic mass is 32.2. The van der Waals surface area contributed by atoms with Gasteiger partial charge in [0.1, 0.15) is 12.5 Å². The van der Waals surface area contributed by atoms with Gasteiger partial charge in [-0.2, -0.15) is 13.2 Å². The zero-order chi connectivity index (χ0) is 24.1. The zero-order valence-corrected chi connectivity index (χ0v) is 17.7. The van der Waals surface area contributed by atoms with Gasteiger partial charge in [-0.1, -0.05) is 13.0 Å². The van der Waals surface area contributed by atoms with Crippen LogP contribution < -0.4 is 4.90 Å². The number of amides is 3. The first kappa shape index (κ1) is 25.5. The largest absolute Gasteiger partial charge is 0.446 e. The Labute approximate surface area is 183 Å². The van der Waals surface area contributed by atoms with Gasteiger partial charge in [0.15, 0.2) is 11.6 Å². The molecular formula is C20H18F6N2O3S. The predicted octanol–water partition coefficient (Wildman–Crippen LogP) is 5.80. The van der Waals surface area contributed by atoms with Gasteiger partial charge < -0.3 is 4.74 Å². The molecule has 3 amide bonds. The number of urea groups is 1. The van der Waals surface area contributed by atoms with Crippen molar-refractivity contribution in [2.24, 2.45) is 0 Å². The van der Waals surface area contributed by atoms with E-state index in [0.29, 0.717) is 15.9 Å². The predicted molar refractivity (Wildman–Crippen MR) is 106 cm³/mol. The molecule has 2 aromatic rings. The lowest BCUT2D eigenvalue weighted by Crippen LogP contribution is -2.48. The van der Waals surface area contributed by atoms with E-state index < -0.39 is 69.5 Å². The minimum absolute atomic E-state index is 0.225. The molecule has 0 aliphatic rings. The molecule has 5 nitrogen and oxygen atoms in total. The molecule has 2 rings (SSSR count). The van der Waals surface area contributed by atoms with E-state index in [0.717, 1.165) is 30.3 Å². The van der Waals surface area contributed by atoms with Crippen molar-refractivity contribution in [3.05, 3.63) is 59.4 Å². The van der Waals surface area contributed by atoms with Crippen LogP contribution >= 0.6 is 11.8 Å². The van der Waals surface area contributed by atoms with Crippen molar-refractivity contribution >= 4 is 29.4 Å². The quantitative estimate of drug-likeness (QED) is 0.286. The number of ether oxygens (including phenoxy) is 1. The van der Waals surface area contributed by atoms with Crippen molar-refractivity contribution in [2.45, 2.75) is 23.7 Å². The topological polar surface area (TPSA) is 49.9 Å². The summed E-state index contributed by atoms with van der Waals surface area (Å²) >= 11 is -0.540. The number of hydrogen-bond donors (Lipinski definition) is 0. The second-order valence-electron chi connectivity index (χ2n) is 6.35. The number of rotatable bonds is 7. The summed E-state index contributed by atoms with van der Waals surface area (Å²) in [6.45, 7) is 0.817. The number of benzene rings is 2. The summed E-state index contributed by atoms with van der Waals surface area (Å²) in [5, 5.41) is 0. The SMILES string of the molecule is CCCN(C(=O)c1cccc(F)c1F)C(=O)N(COC)c1ccc(SC(F)(F)F)cc1F. The fraction of sp³-hybridized carbons (Fsp3) is 0.300. The molecule has 0 heterocycles. The van der Waals surface area contributed by atoms with Crippen LogP contribution in [0.5, 0.6) is 0 Å². The van der Waals surface area contributed by atoms with E-state index >= 15 is 0 Å². The Morgan fingerprint density at radius 1 is 1.06 bits per heavy atom. The fourth-order valence-electron chi connectivity index (χ4n) is 2.73. The van der Waals surface area contributed by atoms with Crippen molar-refractivity contribution in [3.8, 4) is 0 Å². The van der Waals surface area contributed by atoms with E-state index in [4.69, 9.17) is 4.74 Å². The molecule has 0 bridgehead atoms. The summed E-state index contributed by atoms with van der Waals surface area (Å²) in [6.07, 6.45) is 0.235. The molecule has 0 aliphatic carbocycles. The Morgan fingerprint density at radius 2 is 1.75 bits per heavy atom. The molecule has 0 unspecified atom stereocenters. The fourth-order valence-corrected chi connectivity index (χ4v) is 3.29. The normalized spacial score (nSPS) is 11.4. The van der Waals surface area contributed by atoms with Gasteiger partial charge in [0.2, 0.25) is 0 Å². The average Bonchev–Trinajstić information content (AvgIpc) is 2.71. The van der Waals surface area contributed by atoms with E-state index in [1.807, 2.05) is 0 Å². The van der Waals surface area contributed by atoms with E-state index in [2.05, 4.69) is 0 Å². The number of nitrogens with zero attached hydrogens (tertiary/aromatic N) is 2. The highest BCUT2D eigenvalue weighted by Gasteiger charge is 2.33. The smallest absolute Gasteiger partial charge is 0.364 e. The third kappa shape index (κ3) is 6.16. The van der Waals surface area contributed by atoms with Gasteiger partial charge in [-0.05, 0) is 48.5 Å². The number of thioether (sulfide) groups is 1. The molecule has 2 aromatic carbocycles. The van der Waals surface area contributed by atoms with Crippen LogP contribution in [-0.2, 0) is 4.74 Å². The second kappa shape index (κ2) is 10.7. The molecule has 0 N–H and O–H groups in total. The van der Waals surface area contributed by atoms with Crippen LogP contribution in [-0.4, -0.2) is 42.7 Å². The van der Waals surface area contributed by atoms with Crippen LogP contribution in [0.25, 0.3) is 0 Å². The summed E-state index contributed by atoms with van der Waals surface area (Å²) in [5.41, 5.74) is -5.81.